The Balaban J connectivity index is 2.14. The third kappa shape index (κ3) is 9.68. The quantitative estimate of drug-likeness (QED) is 0.395. The number of rotatable bonds is 14. The largest absolute Gasteiger partial charge is 0.494 e. The SMILES string of the molecule is CCOc1ccc(N(CCCC(=O)N(Cc2ccc(F)cc2)[C@H](C)C(=O)NCC(C)C)S(C)(=O)=O)cc1. The monoisotopic (exact) mass is 535 g/mol. The van der Waals surface area contributed by atoms with Crippen LogP contribution in [0.3, 0.4) is 0 Å². The number of halogens is 1. The number of hydrogen-bond acceptors (Lipinski definition) is 5. The molecule has 0 saturated carbocycles. The van der Waals surface area contributed by atoms with Crippen molar-refractivity contribution in [2.24, 2.45) is 5.92 Å². The fourth-order valence-electron chi connectivity index (χ4n) is 3.70. The van der Waals surface area contributed by atoms with Gasteiger partial charge in [0.25, 0.3) is 0 Å². The highest BCUT2D eigenvalue weighted by Crippen LogP contribution is 2.22. The summed E-state index contributed by atoms with van der Waals surface area (Å²) in [7, 11) is -3.59. The van der Waals surface area contributed by atoms with Gasteiger partial charge in [0.1, 0.15) is 17.6 Å². The number of amides is 2. The van der Waals surface area contributed by atoms with Gasteiger partial charge in [-0.2, -0.15) is 0 Å². The predicted molar refractivity (Wildman–Crippen MR) is 143 cm³/mol. The van der Waals surface area contributed by atoms with Crippen LogP contribution in [0.5, 0.6) is 5.75 Å². The molecule has 2 aromatic carbocycles. The summed E-state index contributed by atoms with van der Waals surface area (Å²) in [6.45, 7) is 8.67. The molecule has 37 heavy (non-hydrogen) atoms. The van der Waals surface area contributed by atoms with E-state index < -0.39 is 16.1 Å². The van der Waals surface area contributed by atoms with Gasteiger partial charge < -0.3 is 15.0 Å². The molecule has 8 nitrogen and oxygen atoms in total. The molecular weight excluding hydrogens is 497 g/mol. The molecule has 0 fully saturated rings. The third-order valence-electron chi connectivity index (χ3n) is 5.71. The molecule has 0 aliphatic rings. The Kier molecular flexibility index (Phi) is 11.4. The number of nitrogens with zero attached hydrogens (tertiary/aromatic N) is 2. The maximum Gasteiger partial charge on any atom is 0.242 e. The second-order valence-corrected chi connectivity index (χ2v) is 11.2. The van der Waals surface area contributed by atoms with Gasteiger partial charge in [-0.3, -0.25) is 13.9 Å². The molecule has 0 aliphatic heterocycles. The minimum absolute atomic E-state index is 0.0338. The Labute approximate surface area is 219 Å². The Hall–Kier alpha value is -3.14. The molecule has 2 rings (SSSR count). The molecule has 2 aromatic rings. The van der Waals surface area contributed by atoms with E-state index in [4.69, 9.17) is 4.74 Å². The standard InChI is InChI=1S/C27H38FN3O5S/c1-6-36-25-15-13-24(14-16-25)31(37(5,34)35)17-7-8-26(32)30(19-22-9-11-23(28)12-10-22)21(4)27(33)29-18-20(2)3/h9-16,20-21H,6-8,17-19H2,1-5H3,(H,29,33)/t21-/m1/s1. The van der Waals surface area contributed by atoms with E-state index in [1.807, 2.05) is 20.8 Å². The van der Waals surface area contributed by atoms with Gasteiger partial charge in [0.05, 0.1) is 18.6 Å². The smallest absolute Gasteiger partial charge is 0.242 e. The lowest BCUT2D eigenvalue weighted by atomic mass is 10.1. The zero-order chi connectivity index (χ0) is 27.6. The molecule has 0 heterocycles. The van der Waals surface area contributed by atoms with Crippen LogP contribution in [0, 0.1) is 11.7 Å². The number of ether oxygens (including phenoxy) is 1. The Morgan fingerprint density at radius 1 is 1.03 bits per heavy atom. The Morgan fingerprint density at radius 2 is 1.65 bits per heavy atom. The van der Waals surface area contributed by atoms with Crippen molar-refractivity contribution in [3.63, 3.8) is 0 Å². The molecule has 0 unspecified atom stereocenters. The molecule has 10 heteroatoms. The maximum absolute atomic E-state index is 13.4. The fraction of sp³-hybridized carbons (Fsp3) is 0.481. The van der Waals surface area contributed by atoms with Gasteiger partial charge in [-0.1, -0.05) is 26.0 Å². The summed E-state index contributed by atoms with van der Waals surface area (Å²) >= 11 is 0. The lowest BCUT2D eigenvalue weighted by Crippen LogP contribution is -2.48. The van der Waals surface area contributed by atoms with Crippen LogP contribution in [-0.2, 0) is 26.2 Å². The van der Waals surface area contributed by atoms with E-state index in [2.05, 4.69) is 5.32 Å². The minimum Gasteiger partial charge on any atom is -0.494 e. The molecule has 204 valence electrons. The first-order chi connectivity index (χ1) is 17.4. The lowest BCUT2D eigenvalue weighted by Gasteiger charge is -2.29. The molecule has 1 N–H and O–H groups in total. The Morgan fingerprint density at radius 3 is 2.19 bits per heavy atom. The van der Waals surface area contributed by atoms with Gasteiger partial charge >= 0.3 is 0 Å². The van der Waals surface area contributed by atoms with E-state index in [-0.39, 0.29) is 49.5 Å². The van der Waals surface area contributed by atoms with Crippen LogP contribution in [0.1, 0.15) is 46.1 Å². The molecule has 2 amide bonds. The molecule has 0 spiro atoms. The summed E-state index contributed by atoms with van der Waals surface area (Å²) in [6, 6.07) is 11.7. The molecule has 1 atom stereocenters. The van der Waals surface area contributed by atoms with E-state index in [1.54, 1.807) is 43.3 Å². The average molecular weight is 536 g/mol. The number of benzene rings is 2. The van der Waals surface area contributed by atoms with Crippen molar-refractivity contribution in [3.05, 3.63) is 59.9 Å². The van der Waals surface area contributed by atoms with E-state index in [9.17, 15) is 22.4 Å². The predicted octanol–water partition coefficient (Wildman–Crippen LogP) is 3.96. The van der Waals surface area contributed by atoms with Crippen molar-refractivity contribution in [1.82, 2.24) is 10.2 Å². The van der Waals surface area contributed by atoms with Crippen LogP contribution in [0.4, 0.5) is 10.1 Å². The van der Waals surface area contributed by atoms with Crippen molar-refractivity contribution in [2.75, 3.05) is 30.3 Å². The van der Waals surface area contributed by atoms with Crippen LogP contribution in [0.2, 0.25) is 0 Å². The number of anilines is 1. The van der Waals surface area contributed by atoms with Gasteiger partial charge in [-0.15, -0.1) is 0 Å². The molecule has 0 radical (unpaired) electrons. The minimum atomic E-state index is -3.59. The van der Waals surface area contributed by atoms with Crippen LogP contribution in [0.25, 0.3) is 0 Å². The van der Waals surface area contributed by atoms with Crippen molar-refractivity contribution < 1.29 is 27.1 Å². The number of carbonyl (C=O) groups excluding carboxylic acids is 2. The summed E-state index contributed by atoms with van der Waals surface area (Å²) in [5.41, 5.74) is 1.16. The topological polar surface area (TPSA) is 96.0 Å². The van der Waals surface area contributed by atoms with Crippen LogP contribution in [-0.4, -0.2) is 57.1 Å². The summed E-state index contributed by atoms with van der Waals surface area (Å²) in [6.07, 6.45) is 1.40. The van der Waals surface area contributed by atoms with E-state index in [1.165, 1.54) is 21.3 Å². The van der Waals surface area contributed by atoms with Gasteiger partial charge in [0.15, 0.2) is 0 Å². The molecular formula is C27H38FN3O5S. The van der Waals surface area contributed by atoms with E-state index in [0.717, 1.165) is 6.26 Å². The Bertz CT molecular complexity index is 1120. The number of hydrogen-bond donors (Lipinski definition) is 1. The summed E-state index contributed by atoms with van der Waals surface area (Å²) in [4.78, 5) is 27.5. The highest BCUT2D eigenvalue weighted by molar-refractivity contribution is 7.92. The number of nitrogens with one attached hydrogen (secondary N) is 1. The first-order valence-electron chi connectivity index (χ1n) is 12.4. The van der Waals surface area contributed by atoms with Gasteiger partial charge in [-0.25, -0.2) is 12.8 Å². The molecule has 0 aromatic heterocycles. The van der Waals surface area contributed by atoms with Gasteiger partial charge in [-0.05, 0) is 68.1 Å². The van der Waals surface area contributed by atoms with E-state index >= 15 is 0 Å². The summed E-state index contributed by atoms with van der Waals surface area (Å²) in [5.74, 6) is -0.0782. The first kappa shape index (κ1) is 30.1. The average Bonchev–Trinajstić information content (AvgIpc) is 2.84. The van der Waals surface area contributed by atoms with Crippen molar-refractivity contribution in [3.8, 4) is 5.75 Å². The highest BCUT2D eigenvalue weighted by atomic mass is 32.2. The van der Waals surface area contributed by atoms with Crippen molar-refractivity contribution in [1.29, 1.82) is 0 Å². The zero-order valence-electron chi connectivity index (χ0n) is 22.2. The molecule has 0 aliphatic carbocycles. The first-order valence-corrected chi connectivity index (χ1v) is 14.3. The maximum atomic E-state index is 13.4. The fourth-order valence-corrected chi connectivity index (χ4v) is 4.67. The van der Waals surface area contributed by atoms with Crippen molar-refractivity contribution in [2.45, 2.75) is 53.1 Å². The lowest BCUT2D eigenvalue weighted by molar-refractivity contribution is -0.140. The van der Waals surface area contributed by atoms with Gasteiger partial charge in [0.2, 0.25) is 21.8 Å². The second-order valence-electron chi connectivity index (χ2n) is 9.33. The summed E-state index contributed by atoms with van der Waals surface area (Å²) in [5, 5.41) is 2.85. The highest BCUT2D eigenvalue weighted by Gasteiger charge is 2.26. The van der Waals surface area contributed by atoms with Crippen LogP contribution in [0.15, 0.2) is 48.5 Å². The van der Waals surface area contributed by atoms with Gasteiger partial charge in [0, 0.05) is 26.1 Å². The number of sulfonamides is 1. The normalized spacial score (nSPS) is 12.2. The molecule has 0 bridgehead atoms. The van der Waals surface area contributed by atoms with Crippen LogP contribution >= 0.6 is 0 Å². The van der Waals surface area contributed by atoms with Crippen LogP contribution < -0.4 is 14.4 Å². The van der Waals surface area contributed by atoms with Crippen molar-refractivity contribution >= 4 is 27.5 Å². The second kappa shape index (κ2) is 14.0. The van der Waals surface area contributed by atoms with E-state index in [0.29, 0.717) is 30.2 Å². The third-order valence-corrected chi connectivity index (χ3v) is 6.90. The molecule has 0 saturated heterocycles. The zero-order valence-corrected chi connectivity index (χ0v) is 23.1. The summed E-state index contributed by atoms with van der Waals surface area (Å²) < 4.78 is 45.0. The number of carbonyl (C=O) groups is 2.